The monoisotopic (exact) mass is 250 g/mol. The number of nitrogens with zero attached hydrogens (tertiary/aromatic N) is 4. The lowest BCUT2D eigenvalue weighted by molar-refractivity contribution is 0.813. The Kier molecular flexibility index (Phi) is 2.08. The van der Waals surface area contributed by atoms with E-state index < -0.39 is 0 Å². The fourth-order valence-corrected chi connectivity index (χ4v) is 2.80. The molecule has 0 atom stereocenters. The molecule has 0 fully saturated rings. The van der Waals surface area contributed by atoms with Crippen molar-refractivity contribution in [2.24, 2.45) is 0 Å². The van der Waals surface area contributed by atoms with E-state index in [2.05, 4.69) is 14.5 Å². The van der Waals surface area contributed by atoms with E-state index in [-0.39, 0.29) is 5.56 Å². The van der Waals surface area contributed by atoms with Crippen molar-refractivity contribution >= 4 is 33.0 Å². The average Bonchev–Trinajstić information content (AvgIpc) is 2.89. The predicted octanol–water partition coefficient (Wildman–Crippen LogP) is 1.61. The summed E-state index contributed by atoms with van der Waals surface area (Å²) in [7, 11) is 0. The molecule has 0 bridgehead atoms. The number of thiazole rings is 1. The van der Waals surface area contributed by atoms with E-state index in [4.69, 9.17) is 0 Å². The summed E-state index contributed by atoms with van der Waals surface area (Å²) >= 11 is 2.67. The number of hydrogen-bond acceptors (Lipinski definition) is 6. The highest BCUT2D eigenvalue weighted by Gasteiger charge is 2.11. The Bertz CT molecular complexity index is 698. The largest absolute Gasteiger partial charge is 0.284 e. The minimum atomic E-state index is -0.154. The second-order valence-corrected chi connectivity index (χ2v) is 4.86. The van der Waals surface area contributed by atoms with Gasteiger partial charge in [0.05, 0.1) is 22.0 Å². The highest BCUT2D eigenvalue weighted by molar-refractivity contribution is 7.13. The molecule has 0 saturated carbocycles. The Balaban J connectivity index is 2.40. The minimum absolute atomic E-state index is 0.154. The van der Waals surface area contributed by atoms with Crippen molar-refractivity contribution in [1.29, 1.82) is 0 Å². The minimum Gasteiger partial charge on any atom is -0.266 e. The molecule has 7 heteroatoms. The maximum atomic E-state index is 12.1. The maximum Gasteiger partial charge on any atom is 0.284 e. The van der Waals surface area contributed by atoms with Gasteiger partial charge in [0.25, 0.3) is 5.56 Å². The smallest absolute Gasteiger partial charge is 0.266 e. The topological polar surface area (TPSA) is 60.7 Å². The molecule has 0 radical (unpaired) electrons. The van der Waals surface area contributed by atoms with Crippen molar-refractivity contribution in [3.05, 3.63) is 33.8 Å². The third kappa shape index (κ3) is 1.29. The van der Waals surface area contributed by atoms with Crippen molar-refractivity contribution in [3.63, 3.8) is 0 Å². The highest BCUT2D eigenvalue weighted by Crippen LogP contribution is 2.18. The Morgan fingerprint density at radius 2 is 2.31 bits per heavy atom. The summed E-state index contributed by atoms with van der Waals surface area (Å²) in [4.78, 5) is 16.2. The molecule has 0 aliphatic heterocycles. The maximum absolute atomic E-state index is 12.1. The molecule has 0 unspecified atom stereocenters. The molecule has 3 aromatic rings. The molecule has 0 N–H and O–H groups in total. The normalized spacial score (nSPS) is 11.1. The van der Waals surface area contributed by atoms with Crippen LogP contribution in [0.4, 0.5) is 0 Å². The summed E-state index contributed by atoms with van der Waals surface area (Å²) in [5.74, 6) is 0. The third-order valence-corrected chi connectivity index (χ3v) is 3.80. The fraction of sp³-hybridized carbons (Fsp3) is 0.111. The lowest BCUT2D eigenvalue weighted by Gasteiger charge is -1.98. The van der Waals surface area contributed by atoms with Gasteiger partial charge < -0.3 is 0 Å². The summed E-state index contributed by atoms with van der Waals surface area (Å²) < 4.78 is 6.28. The Hall–Kier alpha value is -1.60. The quantitative estimate of drug-likeness (QED) is 0.658. The first kappa shape index (κ1) is 9.61. The van der Waals surface area contributed by atoms with E-state index in [1.54, 1.807) is 12.4 Å². The van der Waals surface area contributed by atoms with Gasteiger partial charge in [-0.1, -0.05) is 0 Å². The van der Waals surface area contributed by atoms with Gasteiger partial charge in [0.15, 0.2) is 0 Å². The average molecular weight is 250 g/mol. The Morgan fingerprint density at radius 3 is 3.06 bits per heavy atom. The van der Waals surface area contributed by atoms with Gasteiger partial charge in [-0.3, -0.25) is 4.79 Å². The number of fused-ring (bicyclic) bond motifs is 1. The van der Waals surface area contributed by atoms with Crippen LogP contribution in [0.15, 0.2) is 22.6 Å². The molecule has 5 nitrogen and oxygen atoms in total. The van der Waals surface area contributed by atoms with Gasteiger partial charge in [-0.05, 0) is 18.5 Å². The molecule has 0 aliphatic carbocycles. The molecule has 0 saturated heterocycles. The number of hydrogen-bond donors (Lipinski definition) is 0. The number of rotatable bonds is 1. The van der Waals surface area contributed by atoms with Crippen molar-refractivity contribution in [2.75, 3.05) is 0 Å². The molecular weight excluding hydrogens is 244 g/mol. The number of aromatic nitrogens is 4. The summed E-state index contributed by atoms with van der Waals surface area (Å²) in [6.45, 7) is 1.83. The molecule has 0 spiro atoms. The zero-order chi connectivity index (χ0) is 11.1. The molecule has 3 aromatic heterocycles. The van der Waals surface area contributed by atoms with Crippen LogP contribution in [0.3, 0.4) is 0 Å². The van der Waals surface area contributed by atoms with E-state index in [1.165, 1.54) is 27.6 Å². The van der Waals surface area contributed by atoms with Gasteiger partial charge in [0, 0.05) is 11.6 Å². The van der Waals surface area contributed by atoms with E-state index in [0.29, 0.717) is 10.5 Å². The summed E-state index contributed by atoms with van der Waals surface area (Å²) in [6, 6.07) is 0. The first-order valence-electron chi connectivity index (χ1n) is 4.51. The van der Waals surface area contributed by atoms with Crippen molar-refractivity contribution in [1.82, 2.24) is 19.1 Å². The molecule has 0 amide bonds. The lowest BCUT2D eigenvalue weighted by Crippen LogP contribution is -2.20. The molecule has 80 valence electrons. The third-order valence-electron chi connectivity index (χ3n) is 2.19. The van der Waals surface area contributed by atoms with Gasteiger partial charge in [0.1, 0.15) is 0 Å². The van der Waals surface area contributed by atoms with E-state index in [9.17, 15) is 4.79 Å². The van der Waals surface area contributed by atoms with Crippen molar-refractivity contribution in [2.45, 2.75) is 6.92 Å². The van der Waals surface area contributed by atoms with Gasteiger partial charge in [-0.15, -0.1) is 11.3 Å². The standard InChI is InChI=1S/C9H6N4OS2/c1-5-7-6(16-12-5)4-11-13(8(7)14)9-10-2-3-15-9/h2-4H,1H3. The Morgan fingerprint density at radius 1 is 1.44 bits per heavy atom. The van der Waals surface area contributed by atoms with Gasteiger partial charge in [-0.2, -0.15) is 14.2 Å². The second kappa shape index (κ2) is 3.46. The van der Waals surface area contributed by atoms with Crippen LogP contribution in [-0.2, 0) is 0 Å². The molecular formula is C9H6N4OS2. The summed E-state index contributed by atoms with van der Waals surface area (Å²) in [6.07, 6.45) is 3.31. The van der Waals surface area contributed by atoms with Crippen LogP contribution in [0.5, 0.6) is 0 Å². The summed E-state index contributed by atoms with van der Waals surface area (Å²) in [5.41, 5.74) is 0.594. The predicted molar refractivity (Wildman–Crippen MR) is 63.4 cm³/mol. The molecule has 3 heterocycles. The van der Waals surface area contributed by atoms with Crippen molar-refractivity contribution in [3.8, 4) is 5.13 Å². The van der Waals surface area contributed by atoms with Crippen LogP contribution in [0.2, 0.25) is 0 Å². The van der Waals surface area contributed by atoms with Gasteiger partial charge in [-0.25, -0.2) is 4.98 Å². The number of aryl methyl sites for hydroxylation is 1. The highest BCUT2D eigenvalue weighted by atomic mass is 32.1. The van der Waals surface area contributed by atoms with Crippen LogP contribution >= 0.6 is 22.9 Å². The first-order valence-corrected chi connectivity index (χ1v) is 6.17. The molecule has 0 aromatic carbocycles. The molecule has 16 heavy (non-hydrogen) atoms. The zero-order valence-corrected chi connectivity index (χ0v) is 9.88. The van der Waals surface area contributed by atoms with Crippen LogP contribution in [-0.4, -0.2) is 19.1 Å². The van der Waals surface area contributed by atoms with E-state index in [0.717, 1.165) is 10.4 Å². The van der Waals surface area contributed by atoms with Gasteiger partial charge in [0.2, 0.25) is 5.13 Å². The zero-order valence-electron chi connectivity index (χ0n) is 8.25. The first-order chi connectivity index (χ1) is 7.77. The Labute approximate surface area is 98.2 Å². The van der Waals surface area contributed by atoms with E-state index >= 15 is 0 Å². The van der Waals surface area contributed by atoms with Crippen LogP contribution < -0.4 is 5.56 Å². The molecule has 0 aliphatic rings. The lowest BCUT2D eigenvalue weighted by atomic mass is 10.3. The second-order valence-electron chi connectivity index (χ2n) is 3.18. The van der Waals surface area contributed by atoms with E-state index in [1.807, 2.05) is 12.3 Å². The van der Waals surface area contributed by atoms with Crippen LogP contribution in [0.1, 0.15) is 5.69 Å². The van der Waals surface area contributed by atoms with Crippen molar-refractivity contribution < 1.29 is 0 Å². The summed E-state index contributed by atoms with van der Waals surface area (Å²) in [5, 5.41) is 7.11. The fourth-order valence-electron chi connectivity index (χ4n) is 1.46. The van der Waals surface area contributed by atoms with Crippen LogP contribution in [0.25, 0.3) is 15.2 Å². The molecule has 3 rings (SSSR count). The van der Waals surface area contributed by atoms with Crippen LogP contribution in [0, 0.1) is 6.92 Å². The SMILES string of the molecule is Cc1nsc2cnn(-c3nccs3)c(=O)c12. The van der Waals surface area contributed by atoms with Gasteiger partial charge >= 0.3 is 0 Å².